The Balaban J connectivity index is 1.72. The summed E-state index contributed by atoms with van der Waals surface area (Å²) in [5.41, 5.74) is 7.15. The van der Waals surface area contributed by atoms with E-state index in [2.05, 4.69) is 105 Å². The van der Waals surface area contributed by atoms with E-state index in [-0.39, 0.29) is 0 Å². The highest BCUT2D eigenvalue weighted by Crippen LogP contribution is 2.39. The van der Waals surface area contributed by atoms with Crippen molar-refractivity contribution in [3.63, 3.8) is 0 Å². The molecule has 1 nitrogen and oxygen atoms in total. The molecule has 1 unspecified atom stereocenters. The van der Waals surface area contributed by atoms with E-state index < -0.39 is 0 Å². The van der Waals surface area contributed by atoms with Crippen LogP contribution in [0.15, 0.2) is 103 Å². The molecular formula is C29H28O. The van der Waals surface area contributed by atoms with Crippen LogP contribution in [0.3, 0.4) is 0 Å². The second-order valence-electron chi connectivity index (χ2n) is 7.76. The van der Waals surface area contributed by atoms with Gasteiger partial charge in [0, 0.05) is 11.1 Å². The molecule has 0 aromatic heterocycles. The molecule has 1 heteroatoms. The molecule has 0 radical (unpaired) electrons. The molecule has 0 fully saturated rings. The zero-order valence-corrected chi connectivity index (χ0v) is 17.7. The topological polar surface area (TPSA) is 9.23 Å². The van der Waals surface area contributed by atoms with Crippen LogP contribution in [-0.2, 0) is 6.61 Å². The van der Waals surface area contributed by atoms with Gasteiger partial charge in [-0.2, -0.15) is 0 Å². The maximum Gasteiger partial charge on any atom is 0.135 e. The van der Waals surface area contributed by atoms with Crippen molar-refractivity contribution in [1.82, 2.24) is 0 Å². The SMILES string of the molecule is CCC(C)c1cccc(COc2c(-c3ccccc3)cccc2-c2ccccc2)c1. The Bertz CT molecular complexity index is 1030. The Morgan fingerprint density at radius 2 is 1.23 bits per heavy atom. The molecule has 150 valence electrons. The number of hydrogen-bond donors (Lipinski definition) is 0. The molecule has 4 aromatic rings. The standard InChI is InChI=1S/C29H28O/c1-3-22(2)26-17-10-12-23(20-26)21-30-29-27(24-13-6-4-7-14-24)18-11-19-28(29)25-15-8-5-9-16-25/h4-20,22H,3,21H2,1-2H3. The summed E-state index contributed by atoms with van der Waals surface area (Å²) in [7, 11) is 0. The highest BCUT2D eigenvalue weighted by atomic mass is 16.5. The zero-order chi connectivity index (χ0) is 20.8. The van der Waals surface area contributed by atoms with Crippen LogP contribution in [0.1, 0.15) is 37.3 Å². The minimum absolute atomic E-state index is 0.550. The van der Waals surface area contributed by atoms with Gasteiger partial charge in [-0.15, -0.1) is 0 Å². The van der Waals surface area contributed by atoms with Gasteiger partial charge in [0.25, 0.3) is 0 Å². The number of hydrogen-bond acceptors (Lipinski definition) is 1. The van der Waals surface area contributed by atoms with Gasteiger partial charge in [0.15, 0.2) is 0 Å². The smallest absolute Gasteiger partial charge is 0.135 e. The predicted molar refractivity (Wildman–Crippen MR) is 127 cm³/mol. The average Bonchev–Trinajstić information content (AvgIpc) is 2.83. The average molecular weight is 393 g/mol. The molecule has 0 aliphatic rings. The quantitative estimate of drug-likeness (QED) is 0.308. The fourth-order valence-electron chi connectivity index (χ4n) is 3.76. The van der Waals surface area contributed by atoms with E-state index >= 15 is 0 Å². The maximum absolute atomic E-state index is 6.53. The summed E-state index contributed by atoms with van der Waals surface area (Å²) >= 11 is 0. The number of benzene rings is 4. The largest absolute Gasteiger partial charge is 0.488 e. The molecule has 0 heterocycles. The summed E-state index contributed by atoms with van der Waals surface area (Å²) in [6, 6.07) is 36.1. The summed E-state index contributed by atoms with van der Waals surface area (Å²) in [6.45, 7) is 5.06. The van der Waals surface area contributed by atoms with E-state index in [4.69, 9.17) is 4.74 Å². The summed E-state index contributed by atoms with van der Waals surface area (Å²) < 4.78 is 6.53. The van der Waals surface area contributed by atoms with Crippen LogP contribution in [0.4, 0.5) is 0 Å². The first kappa shape index (κ1) is 20.0. The second-order valence-corrected chi connectivity index (χ2v) is 7.76. The summed E-state index contributed by atoms with van der Waals surface area (Å²) in [4.78, 5) is 0. The van der Waals surface area contributed by atoms with Crippen LogP contribution in [-0.4, -0.2) is 0 Å². The van der Waals surface area contributed by atoms with Gasteiger partial charge in [0.1, 0.15) is 12.4 Å². The van der Waals surface area contributed by atoms with Crippen molar-refractivity contribution >= 4 is 0 Å². The first-order valence-corrected chi connectivity index (χ1v) is 10.7. The van der Waals surface area contributed by atoms with Crippen molar-refractivity contribution in [3.8, 4) is 28.0 Å². The van der Waals surface area contributed by atoms with Crippen molar-refractivity contribution in [2.75, 3.05) is 0 Å². The van der Waals surface area contributed by atoms with E-state index in [0.717, 1.165) is 23.3 Å². The van der Waals surface area contributed by atoms with E-state index in [1.807, 2.05) is 12.1 Å². The summed E-state index contributed by atoms with van der Waals surface area (Å²) in [5.74, 6) is 1.49. The van der Waals surface area contributed by atoms with Crippen molar-refractivity contribution in [2.24, 2.45) is 0 Å². The molecule has 0 aliphatic carbocycles. The van der Waals surface area contributed by atoms with Gasteiger partial charge in [-0.1, -0.05) is 117 Å². The Morgan fingerprint density at radius 1 is 0.667 bits per heavy atom. The third-order valence-electron chi connectivity index (χ3n) is 5.70. The Hall–Kier alpha value is -3.32. The van der Waals surface area contributed by atoms with Gasteiger partial charge in [0.05, 0.1) is 0 Å². The first-order valence-electron chi connectivity index (χ1n) is 10.7. The summed E-state index contributed by atoms with van der Waals surface area (Å²) in [6.07, 6.45) is 1.14. The van der Waals surface area contributed by atoms with Crippen molar-refractivity contribution < 1.29 is 4.74 Å². The molecule has 0 spiro atoms. The fourth-order valence-corrected chi connectivity index (χ4v) is 3.76. The Labute approximate surface area is 180 Å². The number of rotatable bonds is 7. The molecular weight excluding hydrogens is 364 g/mol. The van der Waals surface area contributed by atoms with Crippen LogP contribution >= 0.6 is 0 Å². The Morgan fingerprint density at radius 3 is 1.80 bits per heavy atom. The fraction of sp³-hybridized carbons (Fsp3) is 0.172. The van der Waals surface area contributed by atoms with Gasteiger partial charge >= 0.3 is 0 Å². The monoisotopic (exact) mass is 392 g/mol. The van der Waals surface area contributed by atoms with Gasteiger partial charge in [-0.05, 0) is 34.6 Å². The van der Waals surface area contributed by atoms with Crippen molar-refractivity contribution in [1.29, 1.82) is 0 Å². The minimum Gasteiger partial charge on any atom is -0.488 e. The maximum atomic E-state index is 6.53. The molecule has 4 rings (SSSR count). The molecule has 0 N–H and O–H groups in total. The van der Waals surface area contributed by atoms with Crippen molar-refractivity contribution in [2.45, 2.75) is 32.8 Å². The Kier molecular flexibility index (Phi) is 6.29. The van der Waals surface area contributed by atoms with Crippen LogP contribution in [0, 0.1) is 0 Å². The van der Waals surface area contributed by atoms with E-state index in [1.165, 1.54) is 22.3 Å². The van der Waals surface area contributed by atoms with Gasteiger partial charge in [-0.3, -0.25) is 0 Å². The molecule has 0 bridgehead atoms. The lowest BCUT2D eigenvalue weighted by Crippen LogP contribution is -2.01. The van der Waals surface area contributed by atoms with Gasteiger partial charge < -0.3 is 4.74 Å². The number of ether oxygens (including phenoxy) is 1. The number of para-hydroxylation sites is 1. The highest BCUT2D eigenvalue weighted by Gasteiger charge is 2.14. The molecule has 1 atom stereocenters. The highest BCUT2D eigenvalue weighted by molar-refractivity contribution is 5.82. The van der Waals surface area contributed by atoms with Gasteiger partial charge in [0.2, 0.25) is 0 Å². The van der Waals surface area contributed by atoms with Crippen LogP contribution < -0.4 is 4.74 Å². The third-order valence-corrected chi connectivity index (χ3v) is 5.70. The third kappa shape index (κ3) is 4.46. The molecule has 0 amide bonds. The lowest BCUT2D eigenvalue weighted by Gasteiger charge is -2.17. The van der Waals surface area contributed by atoms with Crippen molar-refractivity contribution in [3.05, 3.63) is 114 Å². The molecule has 4 aromatic carbocycles. The minimum atomic E-state index is 0.550. The molecule has 0 saturated carbocycles. The molecule has 0 saturated heterocycles. The molecule has 30 heavy (non-hydrogen) atoms. The van der Waals surface area contributed by atoms with Crippen LogP contribution in [0.2, 0.25) is 0 Å². The first-order chi connectivity index (χ1) is 14.8. The van der Waals surface area contributed by atoms with E-state index in [9.17, 15) is 0 Å². The van der Waals surface area contributed by atoms with E-state index in [1.54, 1.807) is 0 Å². The molecule has 0 aliphatic heterocycles. The second kappa shape index (κ2) is 9.45. The van der Waals surface area contributed by atoms with E-state index in [0.29, 0.717) is 12.5 Å². The van der Waals surface area contributed by atoms with Crippen LogP contribution in [0.25, 0.3) is 22.3 Å². The lowest BCUT2D eigenvalue weighted by atomic mass is 9.96. The lowest BCUT2D eigenvalue weighted by molar-refractivity contribution is 0.308. The predicted octanol–water partition coefficient (Wildman–Crippen LogP) is 8.11. The zero-order valence-electron chi connectivity index (χ0n) is 17.7. The van der Waals surface area contributed by atoms with Gasteiger partial charge in [-0.25, -0.2) is 0 Å². The van der Waals surface area contributed by atoms with Crippen LogP contribution in [0.5, 0.6) is 5.75 Å². The normalized spacial score (nSPS) is 11.8. The summed E-state index contributed by atoms with van der Waals surface area (Å²) in [5, 5.41) is 0.